The van der Waals surface area contributed by atoms with Gasteiger partial charge in [-0.2, -0.15) is 0 Å². The summed E-state index contributed by atoms with van der Waals surface area (Å²) in [6.07, 6.45) is 10.9. The van der Waals surface area contributed by atoms with E-state index in [1.54, 1.807) is 22.3 Å². The Bertz CT molecular complexity index is 2940. The Morgan fingerprint density at radius 3 is 1.53 bits per heavy atom. The summed E-state index contributed by atoms with van der Waals surface area (Å²) < 4.78 is 0. The van der Waals surface area contributed by atoms with Crippen LogP contribution in [0.5, 0.6) is 0 Å². The molecule has 4 saturated carbocycles. The van der Waals surface area contributed by atoms with Gasteiger partial charge in [-0.15, -0.1) is 0 Å². The summed E-state index contributed by atoms with van der Waals surface area (Å²) in [6, 6.07) is 59.7. The number of anilines is 6. The second-order valence-electron chi connectivity index (χ2n) is 19.3. The van der Waals surface area contributed by atoms with Crippen LogP contribution in [0.1, 0.15) is 73.6 Å². The molecule has 7 aromatic rings. The van der Waals surface area contributed by atoms with Gasteiger partial charge in [0.1, 0.15) is 0 Å². The van der Waals surface area contributed by atoms with E-state index in [2.05, 4.69) is 161 Å². The van der Waals surface area contributed by atoms with E-state index in [1.165, 1.54) is 124 Å². The second-order valence-corrected chi connectivity index (χ2v) is 19.3. The molecule has 8 aliphatic rings. The molecular formula is C56H45BN2. The number of hydrogen-bond donors (Lipinski definition) is 0. The highest BCUT2D eigenvalue weighted by Gasteiger charge is 2.62. The van der Waals surface area contributed by atoms with E-state index >= 15 is 0 Å². The molecule has 2 nitrogen and oxygen atoms in total. The maximum absolute atomic E-state index is 2.74. The number of rotatable bonds is 2. The minimum absolute atomic E-state index is 0.116. The van der Waals surface area contributed by atoms with Crippen LogP contribution >= 0.6 is 0 Å². The lowest BCUT2D eigenvalue weighted by Crippen LogP contribution is -2.61. The zero-order chi connectivity index (χ0) is 38.2. The van der Waals surface area contributed by atoms with E-state index in [0.717, 1.165) is 11.8 Å². The van der Waals surface area contributed by atoms with Crippen molar-refractivity contribution < 1.29 is 0 Å². The Hall–Kier alpha value is -5.80. The van der Waals surface area contributed by atoms with Crippen LogP contribution in [0.3, 0.4) is 0 Å². The first-order valence-electron chi connectivity index (χ1n) is 22.7. The van der Waals surface area contributed by atoms with Gasteiger partial charge in [0.25, 0.3) is 6.71 Å². The van der Waals surface area contributed by atoms with Gasteiger partial charge in [-0.1, -0.05) is 103 Å². The predicted octanol–water partition coefficient (Wildman–Crippen LogP) is 11.9. The monoisotopic (exact) mass is 756 g/mol. The van der Waals surface area contributed by atoms with Crippen molar-refractivity contribution in [1.82, 2.24) is 0 Å². The van der Waals surface area contributed by atoms with Gasteiger partial charge in [-0.05, 0) is 184 Å². The van der Waals surface area contributed by atoms with Crippen molar-refractivity contribution in [3.63, 3.8) is 0 Å². The van der Waals surface area contributed by atoms with Crippen LogP contribution in [0.4, 0.5) is 34.1 Å². The molecular weight excluding hydrogens is 711 g/mol. The van der Waals surface area contributed by atoms with E-state index in [-0.39, 0.29) is 17.5 Å². The number of para-hydroxylation sites is 2. The Labute approximate surface area is 347 Å². The number of fused-ring (bicyclic) bond motifs is 10. The van der Waals surface area contributed by atoms with E-state index in [0.29, 0.717) is 11.8 Å². The maximum atomic E-state index is 2.74. The van der Waals surface area contributed by atoms with Crippen LogP contribution in [0.15, 0.2) is 152 Å². The predicted molar refractivity (Wildman–Crippen MR) is 244 cm³/mol. The van der Waals surface area contributed by atoms with Crippen molar-refractivity contribution in [2.45, 2.75) is 62.2 Å². The average molecular weight is 757 g/mol. The van der Waals surface area contributed by atoms with Crippen LogP contribution in [-0.2, 0) is 10.8 Å². The average Bonchev–Trinajstić information content (AvgIpc) is 4.15. The van der Waals surface area contributed by atoms with Gasteiger partial charge >= 0.3 is 0 Å². The highest BCUT2D eigenvalue weighted by molar-refractivity contribution is 7.00. The van der Waals surface area contributed by atoms with E-state index in [4.69, 9.17) is 0 Å². The molecule has 282 valence electrons. The van der Waals surface area contributed by atoms with Gasteiger partial charge in [0, 0.05) is 45.0 Å². The van der Waals surface area contributed by atoms with Crippen LogP contribution in [0, 0.1) is 23.7 Å². The Kier molecular flexibility index (Phi) is 6.02. The number of nitrogens with zero attached hydrogens (tertiary/aromatic N) is 2. The highest BCUT2D eigenvalue weighted by Crippen LogP contribution is 2.70. The number of benzene rings is 7. The van der Waals surface area contributed by atoms with Crippen LogP contribution in [0.2, 0.25) is 0 Å². The molecule has 0 atom stereocenters. The molecule has 4 bridgehead atoms. The first-order chi connectivity index (χ1) is 29.3. The third-order valence-corrected chi connectivity index (χ3v) is 17.6. The van der Waals surface area contributed by atoms with Crippen molar-refractivity contribution in [3.05, 3.63) is 174 Å². The molecule has 0 radical (unpaired) electrons. The van der Waals surface area contributed by atoms with Crippen molar-refractivity contribution >= 4 is 57.2 Å². The summed E-state index contributed by atoms with van der Waals surface area (Å²) >= 11 is 0. The lowest BCUT2D eigenvalue weighted by Gasteiger charge is -2.44. The fourth-order valence-electron chi connectivity index (χ4n) is 15.8. The van der Waals surface area contributed by atoms with Gasteiger partial charge in [-0.3, -0.25) is 0 Å². The van der Waals surface area contributed by atoms with Gasteiger partial charge in [0.05, 0.1) is 0 Å². The van der Waals surface area contributed by atoms with Gasteiger partial charge in [0.15, 0.2) is 0 Å². The lowest BCUT2D eigenvalue weighted by atomic mass is 9.33. The largest absolute Gasteiger partial charge is 0.311 e. The second kappa shape index (κ2) is 11.1. The van der Waals surface area contributed by atoms with Crippen molar-refractivity contribution in [1.29, 1.82) is 0 Å². The molecule has 15 rings (SSSR count). The summed E-state index contributed by atoms with van der Waals surface area (Å²) in [5.41, 5.74) is 24.6. The first kappa shape index (κ1) is 32.1. The molecule has 2 heterocycles. The summed E-state index contributed by atoms with van der Waals surface area (Å²) in [4.78, 5) is 5.24. The summed E-state index contributed by atoms with van der Waals surface area (Å²) in [6.45, 7) is 0.116. The van der Waals surface area contributed by atoms with Gasteiger partial charge in [-0.25, -0.2) is 0 Å². The van der Waals surface area contributed by atoms with E-state index in [1.807, 2.05) is 0 Å². The Morgan fingerprint density at radius 2 is 0.864 bits per heavy atom. The lowest BCUT2D eigenvalue weighted by molar-refractivity contribution is 0.400. The zero-order valence-electron chi connectivity index (χ0n) is 33.4. The maximum Gasteiger partial charge on any atom is 0.252 e. The minimum atomic E-state index is 0.116. The molecule has 0 saturated heterocycles. The summed E-state index contributed by atoms with van der Waals surface area (Å²) in [5, 5.41) is 0. The fourth-order valence-corrected chi connectivity index (χ4v) is 15.8. The van der Waals surface area contributed by atoms with Gasteiger partial charge < -0.3 is 9.80 Å². The highest BCUT2D eigenvalue weighted by atomic mass is 15.2. The van der Waals surface area contributed by atoms with E-state index < -0.39 is 0 Å². The Morgan fingerprint density at radius 1 is 0.356 bits per heavy atom. The number of hydrogen-bond acceptors (Lipinski definition) is 2. The molecule has 4 fully saturated rings. The summed E-state index contributed by atoms with van der Waals surface area (Å²) in [7, 11) is 0. The zero-order valence-corrected chi connectivity index (χ0v) is 33.4. The molecule has 0 unspecified atom stereocenters. The third kappa shape index (κ3) is 3.64. The molecule has 0 amide bonds. The SMILES string of the molecule is c1ccc(N2c3ccccc3B3c4cc5c(cc4N(c4ccc6c(c4)-c4ccccc4C64C6CCC4CC6)c4cccc2c43)C2(c3ccccc3-5)C3CCC2CC3)cc1. The standard InChI is InChI=1S/C56H45BN2/c1-2-11-38(12-3-1)58-50-18-9-8-17-48(50)57-49-32-43-41-14-5-7-16-45(41)56(36-25-26-37(56)28-27-36)47(43)33-53(49)59(52-20-10-19-51(58)54(52)57)39-29-30-46-42(31-39)40-13-4-6-15-44(40)55(46)34-21-22-35(55)24-23-34/h1-20,29-37H,21-28H2. The van der Waals surface area contributed by atoms with Crippen molar-refractivity contribution in [3.8, 4) is 22.3 Å². The molecule has 59 heavy (non-hydrogen) atoms. The van der Waals surface area contributed by atoms with E-state index in [9.17, 15) is 0 Å². The first-order valence-corrected chi connectivity index (χ1v) is 22.7. The fraction of sp³-hybridized carbons (Fsp3) is 0.250. The topological polar surface area (TPSA) is 6.48 Å². The normalized spacial score (nSPS) is 27.5. The Balaban J connectivity index is 1.03. The molecule has 0 aromatic heterocycles. The molecule has 6 aliphatic carbocycles. The molecule has 2 aliphatic heterocycles. The van der Waals surface area contributed by atoms with Crippen LogP contribution in [0.25, 0.3) is 22.3 Å². The summed E-state index contributed by atoms with van der Waals surface area (Å²) in [5.74, 6) is 2.94. The van der Waals surface area contributed by atoms with Crippen molar-refractivity contribution in [2.75, 3.05) is 9.80 Å². The molecule has 0 N–H and O–H groups in total. The minimum Gasteiger partial charge on any atom is -0.311 e. The van der Waals surface area contributed by atoms with Crippen LogP contribution in [-0.4, -0.2) is 6.71 Å². The van der Waals surface area contributed by atoms with Crippen molar-refractivity contribution in [2.24, 2.45) is 23.7 Å². The third-order valence-electron chi connectivity index (χ3n) is 17.6. The molecule has 2 spiro atoms. The van der Waals surface area contributed by atoms with Crippen LogP contribution < -0.4 is 26.2 Å². The van der Waals surface area contributed by atoms with Gasteiger partial charge in [0.2, 0.25) is 0 Å². The smallest absolute Gasteiger partial charge is 0.252 e. The quantitative estimate of drug-likeness (QED) is 0.162. The molecule has 7 aromatic carbocycles. The molecule has 3 heteroatoms.